The molecular weight excluding hydrogens is 132 g/mol. The molecular formula is C6H8N2O2. The molecule has 0 saturated heterocycles. The predicted octanol–water partition coefficient (Wildman–Crippen LogP) is -0.0336. The van der Waals surface area contributed by atoms with E-state index in [1.165, 1.54) is 0 Å². The van der Waals surface area contributed by atoms with Gasteiger partial charge in [-0.2, -0.15) is 0 Å². The highest BCUT2D eigenvalue weighted by Crippen LogP contribution is 1.99. The first-order valence-corrected chi connectivity index (χ1v) is 2.93. The molecule has 0 spiro atoms. The normalized spacial score (nSPS) is 24.0. The highest BCUT2D eigenvalue weighted by molar-refractivity contribution is 6.05. The Morgan fingerprint density at radius 3 is 3.00 bits per heavy atom. The summed E-state index contributed by atoms with van der Waals surface area (Å²) in [6.45, 7) is 0. The van der Waals surface area contributed by atoms with E-state index >= 15 is 0 Å². The molecule has 1 aliphatic rings. The van der Waals surface area contributed by atoms with Crippen molar-refractivity contribution in [2.75, 3.05) is 0 Å². The van der Waals surface area contributed by atoms with E-state index in [0.29, 0.717) is 6.42 Å². The summed E-state index contributed by atoms with van der Waals surface area (Å²) in [6, 6.07) is -0.815. The van der Waals surface area contributed by atoms with Gasteiger partial charge in [-0.15, -0.1) is 0 Å². The van der Waals surface area contributed by atoms with Gasteiger partial charge in [0.15, 0.2) is 6.04 Å². The molecule has 1 heterocycles. The molecule has 4 heteroatoms. The molecule has 0 radical (unpaired) electrons. The quantitative estimate of drug-likeness (QED) is 0.478. The second kappa shape index (κ2) is 2.51. The summed E-state index contributed by atoms with van der Waals surface area (Å²) in [6.07, 6.45) is 3.72. The zero-order valence-corrected chi connectivity index (χ0v) is 5.29. The average molecular weight is 140 g/mol. The van der Waals surface area contributed by atoms with E-state index < -0.39 is 12.0 Å². The molecule has 0 aromatic heterocycles. The van der Waals surface area contributed by atoms with Gasteiger partial charge in [0.1, 0.15) is 0 Å². The van der Waals surface area contributed by atoms with Crippen LogP contribution in [0.25, 0.3) is 0 Å². The number of nitrogens with one attached hydrogen (secondary N) is 2. The number of allylic oxidation sites excluding steroid dienone is 1. The Bertz CT molecular complexity index is 198. The third-order valence-electron chi connectivity index (χ3n) is 1.31. The molecule has 4 nitrogen and oxygen atoms in total. The van der Waals surface area contributed by atoms with Gasteiger partial charge in [0.25, 0.3) is 0 Å². The van der Waals surface area contributed by atoms with Crippen molar-refractivity contribution in [3.63, 3.8) is 0 Å². The summed E-state index contributed by atoms with van der Waals surface area (Å²) in [5.41, 5.74) is 0.204. The first-order valence-electron chi connectivity index (χ1n) is 2.93. The Hall–Kier alpha value is -1.32. The minimum atomic E-state index is -0.991. The Labute approximate surface area is 58.1 Å². The van der Waals surface area contributed by atoms with Crippen LogP contribution in [0.15, 0.2) is 12.3 Å². The summed E-state index contributed by atoms with van der Waals surface area (Å²) >= 11 is 0. The summed E-state index contributed by atoms with van der Waals surface area (Å²) in [5.74, 6) is -0.991. The first kappa shape index (κ1) is 6.80. The average Bonchev–Trinajstić information content (AvgIpc) is 1.88. The van der Waals surface area contributed by atoms with Gasteiger partial charge in [-0.05, 0) is 6.20 Å². The lowest BCUT2D eigenvalue weighted by Gasteiger charge is -2.16. The number of hydrogen-bond acceptors (Lipinski definition) is 3. The molecule has 0 aliphatic carbocycles. The van der Waals surface area contributed by atoms with Gasteiger partial charge in [-0.3, -0.25) is 0 Å². The molecule has 0 amide bonds. The standard InChI is InChI=1S/C6H8N2O2/c7-4-2-1-3-8-5(4)6(9)10/h1,3,5,7-8H,2H2,(H,9,10). The lowest BCUT2D eigenvalue weighted by atomic mass is 10.1. The van der Waals surface area contributed by atoms with Crippen LogP contribution in [0.3, 0.4) is 0 Å². The van der Waals surface area contributed by atoms with E-state index in [-0.39, 0.29) is 5.71 Å². The van der Waals surface area contributed by atoms with Crippen LogP contribution >= 0.6 is 0 Å². The van der Waals surface area contributed by atoms with Crippen LogP contribution in [0.4, 0.5) is 0 Å². The van der Waals surface area contributed by atoms with Crippen molar-refractivity contribution in [1.82, 2.24) is 5.32 Å². The molecule has 1 atom stereocenters. The van der Waals surface area contributed by atoms with Gasteiger partial charge in [-0.1, -0.05) is 6.08 Å². The monoisotopic (exact) mass is 140 g/mol. The summed E-state index contributed by atoms with van der Waals surface area (Å²) < 4.78 is 0. The van der Waals surface area contributed by atoms with Gasteiger partial charge < -0.3 is 15.8 Å². The van der Waals surface area contributed by atoms with Crippen molar-refractivity contribution < 1.29 is 9.90 Å². The summed E-state index contributed by atoms with van der Waals surface area (Å²) in [4.78, 5) is 10.3. The van der Waals surface area contributed by atoms with Crippen LogP contribution in [0.1, 0.15) is 6.42 Å². The van der Waals surface area contributed by atoms with Crippen LogP contribution < -0.4 is 5.32 Å². The van der Waals surface area contributed by atoms with Crippen molar-refractivity contribution in [2.45, 2.75) is 12.5 Å². The molecule has 10 heavy (non-hydrogen) atoms. The number of carboxylic acids is 1. The molecule has 0 aromatic carbocycles. The van der Waals surface area contributed by atoms with E-state index in [1.807, 2.05) is 0 Å². The van der Waals surface area contributed by atoms with E-state index in [9.17, 15) is 4.79 Å². The zero-order chi connectivity index (χ0) is 7.56. The van der Waals surface area contributed by atoms with Gasteiger partial charge >= 0.3 is 5.97 Å². The minimum Gasteiger partial charge on any atom is -0.479 e. The molecule has 54 valence electrons. The van der Waals surface area contributed by atoms with E-state index in [4.69, 9.17) is 10.5 Å². The Morgan fingerprint density at radius 1 is 1.90 bits per heavy atom. The topological polar surface area (TPSA) is 73.2 Å². The molecule has 1 rings (SSSR count). The van der Waals surface area contributed by atoms with Crippen LogP contribution in [0, 0.1) is 5.41 Å². The highest BCUT2D eigenvalue weighted by atomic mass is 16.4. The summed E-state index contributed by atoms with van der Waals surface area (Å²) in [5, 5.41) is 18.2. The number of carbonyl (C=O) groups is 1. The zero-order valence-electron chi connectivity index (χ0n) is 5.29. The van der Waals surface area contributed by atoms with Crippen LogP contribution in [-0.2, 0) is 4.79 Å². The highest BCUT2D eigenvalue weighted by Gasteiger charge is 2.21. The molecule has 3 N–H and O–H groups in total. The first-order chi connectivity index (χ1) is 4.72. The Balaban J connectivity index is 2.68. The fourth-order valence-corrected chi connectivity index (χ4v) is 0.789. The van der Waals surface area contributed by atoms with Crippen molar-refractivity contribution in [1.29, 1.82) is 5.41 Å². The largest absolute Gasteiger partial charge is 0.479 e. The Morgan fingerprint density at radius 2 is 2.60 bits per heavy atom. The fraction of sp³-hybridized carbons (Fsp3) is 0.333. The maximum absolute atomic E-state index is 10.3. The molecule has 0 fully saturated rings. The van der Waals surface area contributed by atoms with E-state index in [0.717, 1.165) is 0 Å². The maximum atomic E-state index is 10.3. The number of aliphatic carboxylic acids is 1. The van der Waals surface area contributed by atoms with Crippen molar-refractivity contribution in [2.24, 2.45) is 0 Å². The van der Waals surface area contributed by atoms with Crippen LogP contribution in [0.2, 0.25) is 0 Å². The van der Waals surface area contributed by atoms with Crippen LogP contribution in [-0.4, -0.2) is 22.8 Å². The molecule has 1 unspecified atom stereocenters. The van der Waals surface area contributed by atoms with E-state index in [1.54, 1.807) is 12.3 Å². The van der Waals surface area contributed by atoms with Crippen LogP contribution in [0.5, 0.6) is 0 Å². The van der Waals surface area contributed by atoms with Gasteiger partial charge in [0, 0.05) is 12.1 Å². The lowest BCUT2D eigenvalue weighted by Crippen LogP contribution is -2.42. The maximum Gasteiger partial charge on any atom is 0.332 e. The third-order valence-corrected chi connectivity index (χ3v) is 1.31. The second-order valence-corrected chi connectivity index (χ2v) is 2.07. The predicted molar refractivity (Wildman–Crippen MR) is 36.0 cm³/mol. The van der Waals surface area contributed by atoms with E-state index in [2.05, 4.69) is 5.32 Å². The number of carboxylic acid groups (broad SMARTS) is 1. The van der Waals surface area contributed by atoms with Gasteiger partial charge in [0.2, 0.25) is 0 Å². The number of rotatable bonds is 1. The molecule has 0 bridgehead atoms. The molecule has 0 aromatic rings. The van der Waals surface area contributed by atoms with Crippen molar-refractivity contribution in [3.8, 4) is 0 Å². The SMILES string of the molecule is N=C1CC=CNC1C(=O)O. The lowest BCUT2D eigenvalue weighted by molar-refractivity contribution is -0.137. The molecule has 1 aliphatic heterocycles. The molecule has 0 saturated carbocycles. The van der Waals surface area contributed by atoms with Gasteiger partial charge in [0.05, 0.1) is 0 Å². The number of hydrogen-bond donors (Lipinski definition) is 3. The smallest absolute Gasteiger partial charge is 0.332 e. The summed E-state index contributed by atoms with van der Waals surface area (Å²) in [7, 11) is 0. The van der Waals surface area contributed by atoms with Gasteiger partial charge in [-0.25, -0.2) is 4.79 Å². The Kier molecular flexibility index (Phi) is 1.71. The minimum absolute atomic E-state index is 0.204. The second-order valence-electron chi connectivity index (χ2n) is 2.07. The van der Waals surface area contributed by atoms with Crippen molar-refractivity contribution in [3.05, 3.63) is 12.3 Å². The fourth-order valence-electron chi connectivity index (χ4n) is 0.789. The van der Waals surface area contributed by atoms with Crippen molar-refractivity contribution >= 4 is 11.7 Å². The third kappa shape index (κ3) is 1.15.